The molecule has 0 unspecified atom stereocenters. The van der Waals surface area contributed by atoms with Crippen LogP contribution in [0.5, 0.6) is 5.88 Å². The van der Waals surface area contributed by atoms with Crippen molar-refractivity contribution in [2.24, 2.45) is 0 Å². The predicted octanol–water partition coefficient (Wildman–Crippen LogP) is 2.65. The number of aromatic nitrogens is 2. The van der Waals surface area contributed by atoms with Crippen LogP contribution in [0.15, 0.2) is 6.07 Å². The quantitative estimate of drug-likeness (QED) is 0.722. The van der Waals surface area contributed by atoms with Gasteiger partial charge in [-0.1, -0.05) is 20.3 Å². The first-order chi connectivity index (χ1) is 7.80. The van der Waals surface area contributed by atoms with E-state index in [1.807, 2.05) is 19.9 Å². The molecule has 0 atom stereocenters. The zero-order valence-electron chi connectivity index (χ0n) is 10.4. The van der Waals surface area contributed by atoms with E-state index in [-0.39, 0.29) is 0 Å². The summed E-state index contributed by atoms with van der Waals surface area (Å²) in [6.45, 7) is 7.75. The van der Waals surface area contributed by atoms with Gasteiger partial charge in [-0.2, -0.15) is 4.98 Å². The molecule has 0 aliphatic carbocycles. The second kappa shape index (κ2) is 7.04. The van der Waals surface area contributed by atoms with E-state index in [2.05, 4.69) is 22.2 Å². The third kappa shape index (κ3) is 4.04. The van der Waals surface area contributed by atoms with Gasteiger partial charge in [-0.05, 0) is 13.3 Å². The lowest BCUT2D eigenvalue weighted by atomic mass is 10.3. The predicted molar refractivity (Wildman–Crippen MR) is 66.0 cm³/mol. The molecule has 0 aromatic carbocycles. The molecule has 16 heavy (non-hydrogen) atoms. The highest BCUT2D eigenvalue weighted by molar-refractivity contribution is 5.38. The molecular weight excluding hydrogens is 202 g/mol. The van der Waals surface area contributed by atoms with E-state index in [1.54, 1.807) is 0 Å². The molecule has 1 aromatic rings. The smallest absolute Gasteiger partial charge is 0.218 e. The monoisotopic (exact) mass is 223 g/mol. The fourth-order valence-corrected chi connectivity index (χ4v) is 1.34. The van der Waals surface area contributed by atoms with Crippen molar-refractivity contribution in [1.82, 2.24) is 9.97 Å². The fourth-order valence-electron chi connectivity index (χ4n) is 1.34. The molecule has 1 heterocycles. The Morgan fingerprint density at radius 3 is 2.69 bits per heavy atom. The Balaban J connectivity index is 2.69. The van der Waals surface area contributed by atoms with Gasteiger partial charge in [-0.15, -0.1) is 0 Å². The fraction of sp³-hybridized carbons (Fsp3) is 0.667. The second-order valence-electron chi connectivity index (χ2n) is 3.57. The number of nitrogens with one attached hydrogen (secondary N) is 1. The molecule has 0 aliphatic rings. The van der Waals surface area contributed by atoms with Gasteiger partial charge in [0.05, 0.1) is 6.61 Å². The molecule has 0 saturated carbocycles. The summed E-state index contributed by atoms with van der Waals surface area (Å²) < 4.78 is 5.40. The Kier molecular flexibility index (Phi) is 5.61. The SMILES string of the molecule is CCCCNc1cc(OCC)nc(CC)n1. The summed E-state index contributed by atoms with van der Waals surface area (Å²) in [6.07, 6.45) is 3.15. The van der Waals surface area contributed by atoms with Gasteiger partial charge in [0, 0.05) is 19.0 Å². The average Bonchev–Trinajstić information content (AvgIpc) is 2.29. The number of unbranched alkanes of at least 4 members (excludes halogenated alkanes) is 1. The topological polar surface area (TPSA) is 47.0 Å². The van der Waals surface area contributed by atoms with Gasteiger partial charge in [0.1, 0.15) is 11.6 Å². The van der Waals surface area contributed by atoms with Gasteiger partial charge in [-0.3, -0.25) is 0 Å². The Bertz CT molecular complexity index is 315. The number of ether oxygens (including phenoxy) is 1. The second-order valence-corrected chi connectivity index (χ2v) is 3.57. The summed E-state index contributed by atoms with van der Waals surface area (Å²) in [7, 11) is 0. The summed E-state index contributed by atoms with van der Waals surface area (Å²) in [6, 6.07) is 1.86. The highest BCUT2D eigenvalue weighted by Crippen LogP contribution is 2.14. The standard InChI is InChI=1S/C12H21N3O/c1-4-7-8-13-11-9-12(16-6-3)15-10(5-2)14-11/h9H,4-8H2,1-3H3,(H,13,14,15). The Morgan fingerprint density at radius 2 is 2.06 bits per heavy atom. The Morgan fingerprint density at radius 1 is 1.25 bits per heavy atom. The molecule has 0 aliphatic heterocycles. The molecule has 0 spiro atoms. The van der Waals surface area contributed by atoms with E-state index >= 15 is 0 Å². The molecule has 0 amide bonds. The first kappa shape index (κ1) is 12.7. The van der Waals surface area contributed by atoms with Crippen molar-refractivity contribution in [3.05, 3.63) is 11.9 Å². The van der Waals surface area contributed by atoms with Crippen molar-refractivity contribution in [3.63, 3.8) is 0 Å². The van der Waals surface area contributed by atoms with Crippen LogP contribution in [0.4, 0.5) is 5.82 Å². The van der Waals surface area contributed by atoms with Gasteiger partial charge < -0.3 is 10.1 Å². The van der Waals surface area contributed by atoms with Gasteiger partial charge in [0.15, 0.2) is 0 Å². The van der Waals surface area contributed by atoms with Crippen LogP contribution >= 0.6 is 0 Å². The number of hydrogen-bond donors (Lipinski definition) is 1. The maximum absolute atomic E-state index is 5.40. The van der Waals surface area contributed by atoms with Crippen LogP contribution in [-0.2, 0) is 6.42 Å². The zero-order valence-corrected chi connectivity index (χ0v) is 10.4. The van der Waals surface area contributed by atoms with Crippen LogP contribution in [-0.4, -0.2) is 23.1 Å². The lowest BCUT2D eigenvalue weighted by Gasteiger charge is -2.09. The van der Waals surface area contributed by atoms with Gasteiger partial charge >= 0.3 is 0 Å². The van der Waals surface area contributed by atoms with Crippen molar-refractivity contribution < 1.29 is 4.74 Å². The Labute approximate surface area is 97.5 Å². The lowest BCUT2D eigenvalue weighted by molar-refractivity contribution is 0.325. The van der Waals surface area contributed by atoms with E-state index in [0.717, 1.165) is 31.0 Å². The van der Waals surface area contributed by atoms with E-state index < -0.39 is 0 Å². The maximum Gasteiger partial charge on any atom is 0.218 e. The molecule has 0 saturated heterocycles. The summed E-state index contributed by atoms with van der Waals surface area (Å²) in [5, 5.41) is 3.29. The normalized spacial score (nSPS) is 10.2. The largest absolute Gasteiger partial charge is 0.478 e. The summed E-state index contributed by atoms with van der Waals surface area (Å²) in [5.74, 6) is 2.35. The van der Waals surface area contributed by atoms with E-state index in [0.29, 0.717) is 12.5 Å². The van der Waals surface area contributed by atoms with Crippen LogP contribution in [0.3, 0.4) is 0 Å². The van der Waals surface area contributed by atoms with Gasteiger partial charge in [-0.25, -0.2) is 4.98 Å². The zero-order chi connectivity index (χ0) is 11.8. The van der Waals surface area contributed by atoms with Crippen molar-refractivity contribution in [3.8, 4) is 5.88 Å². The minimum atomic E-state index is 0.633. The van der Waals surface area contributed by atoms with Crippen molar-refractivity contribution >= 4 is 5.82 Å². The van der Waals surface area contributed by atoms with Crippen LogP contribution in [0.2, 0.25) is 0 Å². The van der Waals surface area contributed by atoms with Crippen LogP contribution in [0.25, 0.3) is 0 Å². The highest BCUT2D eigenvalue weighted by Gasteiger charge is 2.03. The Hall–Kier alpha value is -1.32. The molecule has 1 aromatic heterocycles. The lowest BCUT2D eigenvalue weighted by Crippen LogP contribution is -2.07. The van der Waals surface area contributed by atoms with Crippen LogP contribution < -0.4 is 10.1 Å². The molecule has 1 rings (SSSR count). The summed E-state index contributed by atoms with van der Waals surface area (Å²) >= 11 is 0. The van der Waals surface area contributed by atoms with Gasteiger partial charge in [0.25, 0.3) is 0 Å². The summed E-state index contributed by atoms with van der Waals surface area (Å²) in [5.41, 5.74) is 0. The molecule has 0 fully saturated rings. The maximum atomic E-state index is 5.40. The van der Waals surface area contributed by atoms with Crippen LogP contribution in [0.1, 0.15) is 39.4 Å². The van der Waals surface area contributed by atoms with E-state index in [9.17, 15) is 0 Å². The average molecular weight is 223 g/mol. The number of hydrogen-bond acceptors (Lipinski definition) is 4. The third-order valence-electron chi connectivity index (χ3n) is 2.19. The highest BCUT2D eigenvalue weighted by atomic mass is 16.5. The first-order valence-electron chi connectivity index (χ1n) is 6.04. The molecular formula is C12H21N3O. The molecule has 1 N–H and O–H groups in total. The number of nitrogens with zero attached hydrogens (tertiary/aromatic N) is 2. The van der Waals surface area contributed by atoms with E-state index in [1.165, 1.54) is 6.42 Å². The summed E-state index contributed by atoms with van der Waals surface area (Å²) in [4.78, 5) is 8.70. The van der Waals surface area contributed by atoms with Gasteiger partial charge in [0.2, 0.25) is 5.88 Å². The van der Waals surface area contributed by atoms with Crippen molar-refractivity contribution in [1.29, 1.82) is 0 Å². The van der Waals surface area contributed by atoms with E-state index in [4.69, 9.17) is 4.74 Å². The number of rotatable bonds is 7. The molecule has 4 nitrogen and oxygen atoms in total. The molecule has 4 heteroatoms. The molecule has 0 radical (unpaired) electrons. The first-order valence-corrected chi connectivity index (χ1v) is 6.04. The number of aryl methyl sites for hydroxylation is 1. The third-order valence-corrected chi connectivity index (χ3v) is 2.19. The minimum Gasteiger partial charge on any atom is -0.478 e. The van der Waals surface area contributed by atoms with Crippen molar-refractivity contribution in [2.75, 3.05) is 18.5 Å². The van der Waals surface area contributed by atoms with Crippen molar-refractivity contribution in [2.45, 2.75) is 40.0 Å². The molecule has 0 bridgehead atoms. The number of anilines is 1. The minimum absolute atomic E-state index is 0.633. The molecule has 90 valence electrons. The van der Waals surface area contributed by atoms with Crippen LogP contribution in [0, 0.1) is 0 Å².